The molecule has 0 aromatic heterocycles. The van der Waals surface area contributed by atoms with E-state index in [1.807, 2.05) is 0 Å². The second-order valence-electron chi connectivity index (χ2n) is 8.73. The van der Waals surface area contributed by atoms with Crippen LogP contribution in [0.2, 0.25) is 0 Å². The molecule has 14 heteroatoms. The van der Waals surface area contributed by atoms with Gasteiger partial charge in [-0.3, -0.25) is 4.79 Å². The van der Waals surface area contributed by atoms with Crippen molar-refractivity contribution in [1.82, 2.24) is 0 Å². The quantitative estimate of drug-likeness (QED) is 0.148. The molecule has 1 aliphatic heterocycles. The van der Waals surface area contributed by atoms with Crippen LogP contribution in [0.5, 0.6) is 0 Å². The molecule has 4 unspecified atom stereocenters. The van der Waals surface area contributed by atoms with Gasteiger partial charge in [0.1, 0.15) is 24.4 Å². The maximum absolute atomic E-state index is 12.6. The highest BCUT2D eigenvalue weighted by Gasteiger charge is 2.51. The summed E-state index contributed by atoms with van der Waals surface area (Å²) in [4.78, 5) is 18.0. The van der Waals surface area contributed by atoms with Crippen molar-refractivity contribution in [3.05, 3.63) is 56.8 Å². The third kappa shape index (κ3) is 5.90. The SMILES string of the molecule is C[C@@H](O)C1O[C@H](O[C@@H]2C(N=[N+]=[N-])C[C@@H](CC(=O)c3ccccc3)C(O)[C@H]2O)C(N=[N+]=[N-])[C@@H](O)[C@@H]1O. The van der Waals surface area contributed by atoms with E-state index in [4.69, 9.17) is 20.5 Å². The van der Waals surface area contributed by atoms with Crippen molar-refractivity contribution in [1.29, 1.82) is 0 Å². The van der Waals surface area contributed by atoms with E-state index < -0.39 is 67.0 Å². The number of carbonyl (C=O) groups excluding carboxylic acids is 1. The Morgan fingerprint density at radius 3 is 2.34 bits per heavy atom. The van der Waals surface area contributed by atoms with Crippen molar-refractivity contribution in [2.24, 2.45) is 16.1 Å². The lowest BCUT2D eigenvalue weighted by Crippen LogP contribution is -2.63. The van der Waals surface area contributed by atoms with Crippen LogP contribution in [0, 0.1) is 5.92 Å². The molecule has 1 aliphatic carbocycles. The summed E-state index contributed by atoms with van der Waals surface area (Å²) in [6, 6.07) is 5.86. The molecule has 1 heterocycles. The molecule has 14 nitrogen and oxygen atoms in total. The molecular formula is C21H28N6O8. The summed E-state index contributed by atoms with van der Waals surface area (Å²) in [5.74, 6) is -1.03. The van der Waals surface area contributed by atoms with Crippen LogP contribution in [0.3, 0.4) is 0 Å². The second-order valence-corrected chi connectivity index (χ2v) is 8.73. The molecule has 1 saturated heterocycles. The largest absolute Gasteiger partial charge is 0.391 e. The third-order valence-electron chi connectivity index (χ3n) is 6.39. The number of carbonyl (C=O) groups is 1. The van der Waals surface area contributed by atoms with Crippen LogP contribution in [-0.2, 0) is 9.47 Å². The molecule has 3 rings (SSSR count). The van der Waals surface area contributed by atoms with Crippen LogP contribution < -0.4 is 0 Å². The predicted octanol–water partition coefficient (Wildman–Crippen LogP) is 0.572. The molecular weight excluding hydrogens is 464 g/mol. The number of benzene rings is 1. The third-order valence-corrected chi connectivity index (χ3v) is 6.39. The minimum Gasteiger partial charge on any atom is -0.391 e. The Kier molecular flexibility index (Phi) is 9.03. The number of nitrogens with zero attached hydrogens (tertiary/aromatic N) is 6. The summed E-state index contributed by atoms with van der Waals surface area (Å²) in [6.45, 7) is 1.31. The molecule has 1 aromatic rings. The van der Waals surface area contributed by atoms with Gasteiger partial charge in [-0.1, -0.05) is 40.6 Å². The van der Waals surface area contributed by atoms with Crippen LogP contribution >= 0.6 is 0 Å². The van der Waals surface area contributed by atoms with Crippen LogP contribution in [0.25, 0.3) is 20.9 Å². The highest BCUT2D eigenvalue weighted by molar-refractivity contribution is 5.96. The van der Waals surface area contributed by atoms with Gasteiger partial charge in [0.05, 0.1) is 30.5 Å². The van der Waals surface area contributed by atoms with Crippen molar-refractivity contribution in [3.63, 3.8) is 0 Å². The van der Waals surface area contributed by atoms with Gasteiger partial charge < -0.3 is 35.0 Å². The Hall–Kier alpha value is -2.77. The number of Topliss-reactive ketones (excluding diaryl/α,β-unsaturated/α-hetero) is 1. The Morgan fingerprint density at radius 1 is 1.09 bits per heavy atom. The molecule has 2 aliphatic rings. The maximum Gasteiger partial charge on any atom is 0.169 e. The second kappa shape index (κ2) is 11.8. The van der Waals surface area contributed by atoms with E-state index in [0.717, 1.165) is 0 Å². The lowest BCUT2D eigenvalue weighted by atomic mass is 9.76. The van der Waals surface area contributed by atoms with Gasteiger partial charge >= 0.3 is 0 Å². The first-order chi connectivity index (χ1) is 16.7. The molecule has 1 saturated carbocycles. The van der Waals surface area contributed by atoms with E-state index in [1.165, 1.54) is 6.92 Å². The minimum atomic E-state index is -1.68. The molecule has 2 fully saturated rings. The standard InChI is InChI=1S/C21H28N6O8/c1-9(28)19-18(33)16(31)14(25-27-23)21(34-19)35-20-12(24-26-22)7-11(15(30)17(20)32)8-13(29)10-5-3-2-4-6-10/h2-6,9,11-12,14-21,28,30-33H,7-8H2,1H3/t9-,11+,12?,14?,15?,16-,17-,18+,19?,20-,21-/m1/s1. The van der Waals surface area contributed by atoms with E-state index in [1.54, 1.807) is 30.3 Å². The van der Waals surface area contributed by atoms with Gasteiger partial charge in [0, 0.05) is 21.8 Å². The van der Waals surface area contributed by atoms with Crippen LogP contribution in [-0.4, -0.2) is 92.4 Å². The van der Waals surface area contributed by atoms with E-state index in [0.29, 0.717) is 5.56 Å². The highest BCUT2D eigenvalue weighted by atomic mass is 16.7. The van der Waals surface area contributed by atoms with Crippen molar-refractivity contribution in [2.45, 2.75) is 80.9 Å². The van der Waals surface area contributed by atoms with Gasteiger partial charge in [0.2, 0.25) is 0 Å². The van der Waals surface area contributed by atoms with Gasteiger partial charge in [-0.25, -0.2) is 0 Å². The smallest absolute Gasteiger partial charge is 0.169 e. The highest BCUT2D eigenvalue weighted by Crippen LogP contribution is 2.36. The Balaban J connectivity index is 1.82. The molecule has 190 valence electrons. The monoisotopic (exact) mass is 492 g/mol. The van der Waals surface area contributed by atoms with Crippen LogP contribution in [0.1, 0.15) is 30.1 Å². The predicted molar refractivity (Wildman–Crippen MR) is 119 cm³/mol. The zero-order valence-electron chi connectivity index (χ0n) is 18.8. The molecule has 11 atom stereocenters. The number of ether oxygens (including phenoxy) is 2. The summed E-state index contributed by atoms with van der Waals surface area (Å²) in [6.07, 6.45) is -12.0. The van der Waals surface area contributed by atoms with E-state index >= 15 is 0 Å². The first kappa shape index (κ1) is 26.8. The number of aliphatic hydroxyl groups excluding tert-OH is 5. The van der Waals surface area contributed by atoms with Gasteiger partial charge in [0.15, 0.2) is 12.1 Å². The molecule has 5 N–H and O–H groups in total. The lowest BCUT2D eigenvalue weighted by molar-refractivity contribution is -0.302. The normalized spacial score (nSPS) is 38.0. The van der Waals surface area contributed by atoms with E-state index in [9.17, 15) is 30.3 Å². The number of ketones is 1. The fourth-order valence-electron chi connectivity index (χ4n) is 4.54. The Bertz CT molecular complexity index is 970. The van der Waals surface area contributed by atoms with Gasteiger partial charge in [-0.15, -0.1) is 0 Å². The first-order valence-corrected chi connectivity index (χ1v) is 11.1. The Morgan fingerprint density at radius 2 is 1.74 bits per heavy atom. The summed E-state index contributed by atoms with van der Waals surface area (Å²) < 4.78 is 11.3. The maximum atomic E-state index is 12.6. The number of azide groups is 2. The molecule has 35 heavy (non-hydrogen) atoms. The van der Waals surface area contributed by atoms with Gasteiger partial charge in [-0.05, 0) is 30.3 Å². The zero-order chi connectivity index (χ0) is 25.7. The van der Waals surface area contributed by atoms with Crippen molar-refractivity contribution in [3.8, 4) is 0 Å². The minimum absolute atomic E-state index is 0.0184. The van der Waals surface area contributed by atoms with Crippen molar-refractivity contribution >= 4 is 5.78 Å². The van der Waals surface area contributed by atoms with E-state index in [2.05, 4.69) is 20.1 Å². The number of hydrogen-bond acceptors (Lipinski definition) is 10. The number of hydrogen-bond donors (Lipinski definition) is 5. The summed E-state index contributed by atoms with van der Waals surface area (Å²) in [5.41, 5.74) is 18.4. The van der Waals surface area contributed by atoms with Crippen molar-refractivity contribution in [2.75, 3.05) is 0 Å². The van der Waals surface area contributed by atoms with Gasteiger partial charge in [-0.2, -0.15) is 0 Å². The fraction of sp³-hybridized carbons (Fsp3) is 0.667. The fourth-order valence-corrected chi connectivity index (χ4v) is 4.54. The summed E-state index contributed by atoms with van der Waals surface area (Å²) in [7, 11) is 0. The topological polar surface area (TPSA) is 234 Å². The molecule has 0 bridgehead atoms. The van der Waals surface area contributed by atoms with Crippen molar-refractivity contribution < 1.29 is 39.8 Å². The van der Waals surface area contributed by atoms with Gasteiger partial charge in [0.25, 0.3) is 0 Å². The Labute approximate surface area is 200 Å². The number of aliphatic hydroxyl groups is 5. The van der Waals surface area contributed by atoms with E-state index in [-0.39, 0.29) is 18.6 Å². The zero-order valence-corrected chi connectivity index (χ0v) is 18.8. The average molecular weight is 492 g/mol. The first-order valence-electron chi connectivity index (χ1n) is 11.1. The molecule has 0 amide bonds. The molecule has 0 radical (unpaired) electrons. The molecule has 0 spiro atoms. The van der Waals surface area contributed by atoms with Crippen LogP contribution in [0.4, 0.5) is 0 Å². The lowest BCUT2D eigenvalue weighted by Gasteiger charge is -2.46. The number of rotatable bonds is 8. The van der Waals surface area contributed by atoms with Crippen LogP contribution in [0.15, 0.2) is 40.6 Å². The summed E-state index contributed by atoms with van der Waals surface area (Å²) >= 11 is 0. The summed E-state index contributed by atoms with van der Waals surface area (Å²) in [5, 5.41) is 59.2. The molecule has 1 aromatic carbocycles. The average Bonchev–Trinajstić information content (AvgIpc) is 2.84.